The number of aliphatic carboxylic acids is 1. The monoisotopic (exact) mass is 1760 g/mol. The maximum absolute atomic E-state index is 13.9. The number of aromatic carboxylic acids is 1. The van der Waals surface area contributed by atoms with Gasteiger partial charge >= 0.3 is 24.3 Å². The Bertz CT molecular complexity index is 5940. The summed E-state index contributed by atoms with van der Waals surface area (Å²) in [7, 11) is 8.80. The highest BCUT2D eigenvalue weighted by Gasteiger charge is 2.42. The summed E-state index contributed by atoms with van der Waals surface area (Å²) in [6.45, 7) is 22.3. The number of halogens is 5. The molecule has 0 saturated heterocycles. The fraction of sp³-hybridized carbons (Fsp3) is 0.274. The normalized spacial score (nSPS) is 16.2. The molecule has 0 bridgehead atoms. The second-order valence-electron chi connectivity index (χ2n) is 32.3. The Hall–Kier alpha value is -12.3. The summed E-state index contributed by atoms with van der Waals surface area (Å²) in [5, 5.41) is 31.7. The molecule has 14 rings (SSSR count). The molecular formula is C95H105BrF4N8O12Si2. The van der Waals surface area contributed by atoms with Gasteiger partial charge in [0.05, 0.1) is 35.7 Å². The average Bonchev–Trinajstić information content (AvgIpc) is 0.729. The molecule has 7 aliphatic rings. The van der Waals surface area contributed by atoms with Crippen LogP contribution in [-0.2, 0) is 24.5 Å². The number of aliphatic imine (C=N–C) groups is 2. The lowest BCUT2D eigenvalue weighted by Crippen LogP contribution is -2.49. The first kappa shape index (κ1) is 96.9. The van der Waals surface area contributed by atoms with Crippen LogP contribution in [0.1, 0.15) is 140 Å². The third-order valence-corrected chi connectivity index (χ3v) is 30.1. The maximum Gasteiger partial charge on any atom is 0.430 e. The van der Waals surface area contributed by atoms with Crippen molar-refractivity contribution in [3.05, 3.63) is 280 Å². The molecule has 0 atom stereocenters. The number of methoxy groups -OCH3 is 1. The molecule has 0 spiro atoms. The average molecular weight is 1760 g/mol. The van der Waals surface area contributed by atoms with Gasteiger partial charge in [0.25, 0.3) is 11.8 Å². The first-order valence-electron chi connectivity index (χ1n) is 38.6. The molecular weight excluding hydrogens is 1660 g/mol. The Morgan fingerprint density at radius 3 is 1.48 bits per heavy atom. The van der Waals surface area contributed by atoms with Crippen LogP contribution in [0.4, 0.5) is 34.9 Å². The number of nitrogens with one attached hydrogen (secondary N) is 2. The molecule has 3 heterocycles. The van der Waals surface area contributed by atoms with Crippen molar-refractivity contribution in [2.75, 3.05) is 65.8 Å². The van der Waals surface area contributed by atoms with E-state index >= 15 is 0 Å². The minimum absolute atomic E-state index is 0. The lowest BCUT2D eigenvalue weighted by molar-refractivity contribution is -0.344. The number of hydrogen-bond donors (Lipinski definition) is 5. The fourth-order valence-corrected chi connectivity index (χ4v) is 22.1. The quantitative estimate of drug-likeness (QED) is 0.0212. The number of carboxylic acid groups (broad SMARTS) is 2. The van der Waals surface area contributed by atoms with E-state index in [2.05, 4.69) is 176 Å². The molecule has 4 aliphatic carbocycles. The van der Waals surface area contributed by atoms with Gasteiger partial charge in [-0.1, -0.05) is 125 Å². The van der Waals surface area contributed by atoms with Gasteiger partial charge in [0, 0.05) is 102 Å². The van der Waals surface area contributed by atoms with Gasteiger partial charge in [-0.15, -0.1) is 0 Å². The van der Waals surface area contributed by atoms with Crippen LogP contribution < -0.4 is 52.4 Å². The highest BCUT2D eigenvalue weighted by atomic mass is 79.9. The number of nitrogen functional groups attached to an aromatic ring is 2. The minimum atomic E-state index is -5.19. The van der Waals surface area contributed by atoms with Gasteiger partial charge in [-0.25, -0.2) is 14.2 Å². The van der Waals surface area contributed by atoms with E-state index in [9.17, 15) is 37.5 Å². The second-order valence-corrected chi connectivity index (χ2v) is 41.8. The van der Waals surface area contributed by atoms with E-state index in [-0.39, 0.29) is 58.6 Å². The number of benzene rings is 8. The molecule has 9 N–H and O–H groups in total. The Kier molecular flexibility index (Phi) is 31.4. The number of nitrogens with zero attached hydrogens (tertiary/aromatic N) is 4. The molecule has 3 aliphatic heterocycles. The summed E-state index contributed by atoms with van der Waals surface area (Å²) >= 11 is 3.50. The van der Waals surface area contributed by atoms with Gasteiger partial charge in [-0.3, -0.25) is 24.3 Å². The van der Waals surface area contributed by atoms with Crippen molar-refractivity contribution in [3.8, 4) is 22.5 Å². The molecule has 27 heteroatoms. The van der Waals surface area contributed by atoms with Gasteiger partial charge < -0.3 is 56.6 Å². The largest absolute Gasteiger partial charge is 0.542 e. The van der Waals surface area contributed by atoms with Gasteiger partial charge in [0.15, 0.2) is 0 Å². The first-order chi connectivity index (χ1) is 56.1. The highest BCUT2D eigenvalue weighted by Crippen LogP contribution is 2.47. The number of alkyl halides is 3. The molecule has 1 fully saturated rings. The number of carbonyl (C=O) groups excluding carboxylic acids is 6. The molecule has 0 aromatic heterocycles. The molecule has 640 valence electrons. The SMILES string of the molecule is C.CN=C1C=CC2=C(c3ccc(C(=O)NC4CCC(NC(=O)c5ccc(-c6c7ccc(=[N+](C)C)cc-7oc7cc(N(C)C)ccc67)c(C(=O)OC)c5)CC4)cc3C)c3ccc(N)cc3[Si](C)(C)C2=C1.CN=C1C=CC2=C(c3ccc(C(=O)O)cc3C)c3ccc(N)cc3[Si](C)(C)C2=C1.Cc1cc(C(C)(C)C)ccc1Br.F.O.O=C([O-])C(F)(F)F.O=C=O. The van der Waals surface area contributed by atoms with Crippen LogP contribution in [0.5, 0.6) is 0 Å². The van der Waals surface area contributed by atoms with Crippen LogP contribution in [0.3, 0.4) is 0 Å². The summed E-state index contributed by atoms with van der Waals surface area (Å²) < 4.78 is 46.6. The number of allylic oxidation sites excluding steroid dienone is 10. The Balaban J connectivity index is 0.000000309. The second kappa shape index (κ2) is 39.5. The van der Waals surface area contributed by atoms with E-state index < -0.39 is 40.2 Å². The van der Waals surface area contributed by atoms with Gasteiger partial charge in [-0.05, 0) is 254 Å². The number of fused-ring (bicyclic) bond motifs is 6. The number of carbonyl (C=O) groups is 5. The number of anilines is 3. The molecule has 7 aromatic rings. The van der Waals surface area contributed by atoms with Gasteiger partial charge in [0.1, 0.15) is 47.6 Å². The molecule has 122 heavy (non-hydrogen) atoms. The minimum Gasteiger partial charge on any atom is -0.542 e. The van der Waals surface area contributed by atoms with E-state index in [1.165, 1.54) is 65.7 Å². The van der Waals surface area contributed by atoms with Crippen molar-refractivity contribution in [1.29, 1.82) is 0 Å². The third-order valence-electron chi connectivity index (χ3n) is 22.2. The summed E-state index contributed by atoms with van der Waals surface area (Å²) in [5.74, 6) is -4.19. The molecule has 7 aromatic carbocycles. The number of nitrogens with two attached hydrogens (primary N) is 2. The number of carboxylic acids is 2. The predicted molar refractivity (Wildman–Crippen MR) is 487 cm³/mol. The smallest absolute Gasteiger partial charge is 0.430 e. The van der Waals surface area contributed by atoms with E-state index in [4.69, 9.17) is 40.1 Å². The van der Waals surface area contributed by atoms with Gasteiger partial charge in [-0.2, -0.15) is 22.8 Å². The summed E-state index contributed by atoms with van der Waals surface area (Å²) in [6.07, 6.45) is 10.8. The fourth-order valence-electron chi connectivity index (χ4n) is 15.7. The van der Waals surface area contributed by atoms with Crippen molar-refractivity contribution in [2.45, 2.75) is 125 Å². The Labute approximate surface area is 719 Å². The van der Waals surface area contributed by atoms with Crippen molar-refractivity contribution >= 4 is 129 Å². The van der Waals surface area contributed by atoms with Crippen LogP contribution >= 0.6 is 15.9 Å². The zero-order valence-electron chi connectivity index (χ0n) is 70.7. The summed E-state index contributed by atoms with van der Waals surface area (Å²) in [6, 6.07) is 47.5. The van der Waals surface area contributed by atoms with E-state index in [0.717, 1.165) is 83.8 Å². The number of aryl methyl sites for hydroxylation is 3. The molecule has 0 radical (unpaired) electrons. The van der Waals surface area contributed by atoms with Crippen LogP contribution in [0.2, 0.25) is 26.2 Å². The van der Waals surface area contributed by atoms with E-state index in [1.54, 1.807) is 24.3 Å². The number of hydrogen-bond acceptors (Lipinski definition) is 15. The summed E-state index contributed by atoms with van der Waals surface area (Å²) in [5.41, 5.74) is 35.6. The number of ether oxygens (including phenoxy) is 1. The van der Waals surface area contributed by atoms with Crippen LogP contribution in [-0.4, -0.2) is 142 Å². The predicted octanol–water partition coefficient (Wildman–Crippen LogP) is 15.1. The van der Waals surface area contributed by atoms with Crippen molar-refractivity contribution in [2.24, 2.45) is 9.98 Å². The van der Waals surface area contributed by atoms with Crippen molar-refractivity contribution < 1.29 is 76.3 Å². The van der Waals surface area contributed by atoms with E-state index in [1.807, 2.05) is 138 Å². The Morgan fingerprint density at radius 2 is 1.07 bits per heavy atom. The zero-order valence-corrected chi connectivity index (χ0v) is 74.3. The lowest BCUT2D eigenvalue weighted by Gasteiger charge is -2.38. The third kappa shape index (κ3) is 21.0. The number of amides is 2. The van der Waals surface area contributed by atoms with Crippen LogP contribution in [0.15, 0.2) is 222 Å². The Morgan fingerprint density at radius 1 is 0.623 bits per heavy atom. The van der Waals surface area contributed by atoms with E-state index in [0.29, 0.717) is 59.3 Å². The zero-order chi connectivity index (χ0) is 87.2. The van der Waals surface area contributed by atoms with Crippen molar-refractivity contribution in [3.63, 3.8) is 0 Å². The number of rotatable bonds is 10. The number of esters is 1. The van der Waals surface area contributed by atoms with Gasteiger partial charge in [0.2, 0.25) is 5.36 Å². The first-order valence-corrected chi connectivity index (χ1v) is 45.4. The standard InChI is InChI=1S/C56H58N6O5Si.C24H24N2O2Si.C11H15Br.C2HF3O2.CO2.CH4.FH.H2O/c1-32-26-33(10-20-41(32)52-45-22-12-35(57)28-50(45)68(8,9)51-29-38(58-2)17-23-46(51)52)54(63)59-36-13-15-37(16-14-36)60-55(64)34-11-21-42(47(27-34)56(65)66-7)53-43-24-18-39(61(3)4)30-48(43)67-49-31-40(62(5)6)19-25-44(49)53;1-14-11-15(24(27)28)5-8-18(14)23-19-9-6-16(25)12-21(19)29(3,4)22-13-17(26-2)7-10-20(22)23;1-8-7-9(11(2,3)4)5-6-10(8)12;3-2(4,5)1(6)7;2-1-3;;;/h10-12,17-31,36-37H,13-16H2,1-9H3,(H3-,57,58,59,60,63,64);5-13H,25H2,1-4H3,(H,27,28);5-7H,1-4H3;(H,6,7);;1H4;1H;1H2. The molecule has 1 saturated carbocycles. The molecule has 2 amide bonds. The van der Waals surface area contributed by atoms with Crippen molar-refractivity contribution in [1.82, 2.24) is 15.2 Å². The van der Waals surface area contributed by atoms with Crippen LogP contribution in [0, 0.1) is 20.8 Å². The maximum atomic E-state index is 13.9. The highest BCUT2D eigenvalue weighted by molar-refractivity contribution is 9.10. The molecule has 0 unspecified atom stereocenters. The van der Waals surface area contributed by atoms with Crippen LogP contribution in [0.25, 0.3) is 44.6 Å². The lowest BCUT2D eigenvalue weighted by atomic mass is 9.86. The topological polar surface area (TPSA) is 324 Å². The molecule has 20 nitrogen and oxygen atoms in total. The summed E-state index contributed by atoms with van der Waals surface area (Å²) in [4.78, 5) is 88.6.